The van der Waals surface area contributed by atoms with Crippen molar-refractivity contribution >= 4 is 11.5 Å². The molecule has 0 aliphatic heterocycles. The SMILES string of the molecule is Cc1ccc(Cn2nc(C)c([N+](=O)[O-])c2N)o1. The number of aromatic nitrogens is 2. The third-order valence-electron chi connectivity index (χ3n) is 2.42. The maximum Gasteiger partial charge on any atom is 0.333 e. The van der Waals surface area contributed by atoms with Crippen molar-refractivity contribution in [3.8, 4) is 0 Å². The summed E-state index contributed by atoms with van der Waals surface area (Å²) < 4.78 is 6.73. The van der Waals surface area contributed by atoms with Gasteiger partial charge in [0.25, 0.3) is 0 Å². The first-order chi connectivity index (χ1) is 7.99. The Labute approximate surface area is 97.0 Å². The lowest BCUT2D eigenvalue weighted by Crippen LogP contribution is -2.06. The minimum Gasteiger partial charge on any atom is -0.464 e. The summed E-state index contributed by atoms with van der Waals surface area (Å²) in [7, 11) is 0. The molecule has 0 fully saturated rings. The Balaban J connectivity index is 2.34. The molecule has 2 rings (SSSR count). The summed E-state index contributed by atoms with van der Waals surface area (Å²) in [6.45, 7) is 3.66. The number of nitrogens with two attached hydrogens (primary N) is 1. The van der Waals surface area contributed by atoms with E-state index in [1.54, 1.807) is 13.0 Å². The second kappa shape index (κ2) is 3.93. The van der Waals surface area contributed by atoms with Crippen LogP contribution in [0.1, 0.15) is 17.2 Å². The van der Waals surface area contributed by atoms with Crippen LogP contribution in [-0.2, 0) is 6.54 Å². The Hall–Kier alpha value is -2.31. The molecular formula is C10H12N4O3. The van der Waals surface area contributed by atoms with E-state index in [9.17, 15) is 10.1 Å². The van der Waals surface area contributed by atoms with Gasteiger partial charge in [0.1, 0.15) is 23.8 Å². The van der Waals surface area contributed by atoms with Gasteiger partial charge >= 0.3 is 5.69 Å². The van der Waals surface area contributed by atoms with Crippen LogP contribution in [0.15, 0.2) is 16.5 Å². The fraction of sp³-hybridized carbons (Fsp3) is 0.300. The average molecular weight is 236 g/mol. The number of anilines is 1. The molecule has 0 aromatic carbocycles. The second-order valence-corrected chi connectivity index (χ2v) is 3.75. The number of furan rings is 1. The van der Waals surface area contributed by atoms with Crippen molar-refractivity contribution in [2.24, 2.45) is 0 Å². The van der Waals surface area contributed by atoms with Crippen LogP contribution < -0.4 is 5.73 Å². The molecule has 0 radical (unpaired) electrons. The monoisotopic (exact) mass is 236 g/mol. The van der Waals surface area contributed by atoms with Crippen molar-refractivity contribution in [2.45, 2.75) is 20.4 Å². The van der Waals surface area contributed by atoms with E-state index >= 15 is 0 Å². The van der Waals surface area contributed by atoms with Gasteiger partial charge in [0.2, 0.25) is 5.82 Å². The molecule has 2 heterocycles. The maximum absolute atomic E-state index is 10.8. The van der Waals surface area contributed by atoms with E-state index in [-0.39, 0.29) is 18.1 Å². The number of nitrogens with zero attached hydrogens (tertiary/aromatic N) is 3. The van der Waals surface area contributed by atoms with Crippen molar-refractivity contribution in [3.05, 3.63) is 39.5 Å². The number of aryl methyl sites for hydroxylation is 2. The molecule has 2 aromatic heterocycles. The molecule has 90 valence electrons. The van der Waals surface area contributed by atoms with Crippen LogP contribution >= 0.6 is 0 Å². The van der Waals surface area contributed by atoms with Gasteiger partial charge in [-0.2, -0.15) is 5.10 Å². The first-order valence-electron chi connectivity index (χ1n) is 5.01. The number of hydrogen-bond donors (Lipinski definition) is 1. The molecular weight excluding hydrogens is 224 g/mol. The summed E-state index contributed by atoms with van der Waals surface area (Å²) in [4.78, 5) is 10.2. The van der Waals surface area contributed by atoms with Gasteiger partial charge in [-0.3, -0.25) is 10.1 Å². The van der Waals surface area contributed by atoms with Crippen molar-refractivity contribution in [3.63, 3.8) is 0 Å². The van der Waals surface area contributed by atoms with Gasteiger partial charge in [0.15, 0.2) is 0 Å². The molecule has 0 spiro atoms. The van der Waals surface area contributed by atoms with Gasteiger partial charge in [-0.1, -0.05) is 0 Å². The summed E-state index contributed by atoms with van der Waals surface area (Å²) in [5.41, 5.74) is 5.83. The number of rotatable bonds is 3. The van der Waals surface area contributed by atoms with E-state index in [4.69, 9.17) is 10.2 Å². The minimum absolute atomic E-state index is 0.0431. The van der Waals surface area contributed by atoms with E-state index in [0.717, 1.165) is 5.76 Å². The number of nitrogen functional groups attached to an aromatic ring is 1. The van der Waals surface area contributed by atoms with Gasteiger partial charge in [-0.15, -0.1) is 0 Å². The molecule has 0 saturated carbocycles. The summed E-state index contributed by atoms with van der Waals surface area (Å²) in [6, 6.07) is 3.61. The molecule has 2 N–H and O–H groups in total. The average Bonchev–Trinajstić information content (AvgIpc) is 2.73. The third-order valence-corrected chi connectivity index (χ3v) is 2.42. The third kappa shape index (κ3) is 1.99. The Kier molecular flexibility index (Phi) is 2.58. The largest absolute Gasteiger partial charge is 0.464 e. The zero-order chi connectivity index (χ0) is 12.6. The van der Waals surface area contributed by atoms with E-state index in [1.165, 1.54) is 4.68 Å². The number of nitro groups is 1. The highest BCUT2D eigenvalue weighted by Crippen LogP contribution is 2.25. The summed E-state index contributed by atoms with van der Waals surface area (Å²) in [5, 5.41) is 14.8. The summed E-state index contributed by atoms with van der Waals surface area (Å²) in [6.07, 6.45) is 0. The van der Waals surface area contributed by atoms with Gasteiger partial charge in [-0.25, -0.2) is 4.68 Å². The highest BCUT2D eigenvalue weighted by molar-refractivity contribution is 5.56. The van der Waals surface area contributed by atoms with Gasteiger partial charge in [0.05, 0.1) is 4.92 Å². The molecule has 0 amide bonds. The van der Waals surface area contributed by atoms with E-state index in [0.29, 0.717) is 11.5 Å². The zero-order valence-electron chi connectivity index (χ0n) is 9.51. The molecule has 0 aliphatic rings. The zero-order valence-corrected chi connectivity index (χ0v) is 9.51. The van der Waals surface area contributed by atoms with Gasteiger partial charge in [-0.05, 0) is 26.0 Å². The highest BCUT2D eigenvalue weighted by atomic mass is 16.6. The van der Waals surface area contributed by atoms with E-state index < -0.39 is 4.92 Å². The molecule has 0 atom stereocenters. The fourth-order valence-corrected chi connectivity index (χ4v) is 1.65. The van der Waals surface area contributed by atoms with E-state index in [2.05, 4.69) is 5.10 Å². The normalized spacial score (nSPS) is 10.7. The van der Waals surface area contributed by atoms with Crippen LogP contribution in [0.3, 0.4) is 0 Å². The first kappa shape index (κ1) is 11.2. The molecule has 0 bridgehead atoms. The van der Waals surface area contributed by atoms with E-state index in [1.807, 2.05) is 13.0 Å². The summed E-state index contributed by atoms with van der Waals surface area (Å²) >= 11 is 0. The van der Waals surface area contributed by atoms with Crippen molar-refractivity contribution in [1.29, 1.82) is 0 Å². The van der Waals surface area contributed by atoms with Crippen LogP contribution in [0.25, 0.3) is 0 Å². The number of hydrogen-bond acceptors (Lipinski definition) is 5. The van der Waals surface area contributed by atoms with Crippen molar-refractivity contribution in [1.82, 2.24) is 9.78 Å². The predicted molar refractivity (Wildman–Crippen MR) is 60.6 cm³/mol. The lowest BCUT2D eigenvalue weighted by molar-refractivity contribution is -0.384. The lowest BCUT2D eigenvalue weighted by Gasteiger charge is -1.99. The quantitative estimate of drug-likeness (QED) is 0.644. The minimum atomic E-state index is -0.526. The molecule has 2 aromatic rings. The van der Waals surface area contributed by atoms with Crippen molar-refractivity contribution in [2.75, 3.05) is 5.73 Å². The fourth-order valence-electron chi connectivity index (χ4n) is 1.65. The van der Waals surface area contributed by atoms with Gasteiger partial charge < -0.3 is 10.2 Å². The van der Waals surface area contributed by atoms with Crippen LogP contribution in [-0.4, -0.2) is 14.7 Å². The second-order valence-electron chi connectivity index (χ2n) is 3.75. The van der Waals surface area contributed by atoms with Crippen LogP contribution in [0.4, 0.5) is 11.5 Å². The Morgan fingerprint density at radius 2 is 2.24 bits per heavy atom. The van der Waals surface area contributed by atoms with Gasteiger partial charge in [0, 0.05) is 0 Å². The lowest BCUT2D eigenvalue weighted by atomic mass is 10.4. The van der Waals surface area contributed by atoms with Crippen molar-refractivity contribution < 1.29 is 9.34 Å². The Bertz CT molecular complexity index is 570. The molecule has 0 saturated heterocycles. The standard InChI is InChI=1S/C10H12N4O3/c1-6-3-4-8(17-6)5-13-10(11)9(14(15)16)7(2)12-13/h3-4H,5,11H2,1-2H3. The molecule has 17 heavy (non-hydrogen) atoms. The Morgan fingerprint density at radius 1 is 1.53 bits per heavy atom. The summed E-state index contributed by atoms with van der Waals surface area (Å²) in [5.74, 6) is 1.48. The predicted octanol–water partition coefficient (Wildman–Crippen LogP) is 1.63. The topological polar surface area (TPSA) is 100 Å². The molecule has 0 unspecified atom stereocenters. The first-order valence-corrected chi connectivity index (χ1v) is 5.01. The van der Waals surface area contributed by atoms with Crippen LogP contribution in [0.5, 0.6) is 0 Å². The Morgan fingerprint density at radius 3 is 2.71 bits per heavy atom. The molecule has 7 heteroatoms. The highest BCUT2D eigenvalue weighted by Gasteiger charge is 2.23. The van der Waals surface area contributed by atoms with Crippen LogP contribution in [0, 0.1) is 24.0 Å². The maximum atomic E-state index is 10.8. The van der Waals surface area contributed by atoms with Crippen LogP contribution in [0.2, 0.25) is 0 Å². The smallest absolute Gasteiger partial charge is 0.333 e. The molecule has 7 nitrogen and oxygen atoms in total. The molecule has 0 aliphatic carbocycles.